The number of benzene rings is 1. The van der Waals surface area contributed by atoms with Crippen molar-refractivity contribution < 1.29 is 42.5 Å². The molecule has 1 aromatic carbocycles. The van der Waals surface area contributed by atoms with E-state index in [-0.39, 0.29) is 25.3 Å². The fraction of sp³-hybridized carbons (Fsp3) is 0.727. The molecule has 0 radical (unpaired) electrons. The van der Waals surface area contributed by atoms with Gasteiger partial charge in [-0.2, -0.15) is 0 Å². The molecule has 2 heterocycles. The van der Waals surface area contributed by atoms with Crippen LogP contribution in [0.2, 0.25) is 0 Å². The van der Waals surface area contributed by atoms with Crippen LogP contribution in [-0.4, -0.2) is 84.5 Å². The van der Waals surface area contributed by atoms with Crippen LogP contribution >= 0.6 is 0 Å². The lowest BCUT2D eigenvalue weighted by Gasteiger charge is -2.42. The maximum atomic E-state index is 13.9. The molecule has 246 valence electrons. The lowest BCUT2D eigenvalue weighted by molar-refractivity contribution is -0.165. The van der Waals surface area contributed by atoms with Gasteiger partial charge in [0.05, 0.1) is 37.5 Å². The number of halogens is 1. The molecule has 11 heteroatoms. The molecule has 2 amide bonds. The molecule has 2 aliphatic heterocycles. The number of amides is 2. The Morgan fingerprint density at radius 3 is 2.39 bits per heavy atom. The number of carbonyl (C=O) groups is 3. The molecule has 0 bridgehead atoms. The average Bonchev–Trinajstić information content (AvgIpc) is 3.28. The predicted octanol–water partition coefficient (Wildman–Crippen LogP) is 5.42. The van der Waals surface area contributed by atoms with E-state index in [0.29, 0.717) is 38.3 Å². The van der Waals surface area contributed by atoms with Crippen LogP contribution in [0.15, 0.2) is 24.3 Å². The molecule has 1 N–H and O–H groups in total. The Balaban J connectivity index is 1.32. The summed E-state index contributed by atoms with van der Waals surface area (Å²) in [5.74, 6) is 0.0793. The molecule has 1 aromatic rings. The summed E-state index contributed by atoms with van der Waals surface area (Å²) in [7, 11) is 0. The Labute approximate surface area is 260 Å². The molecule has 3 atom stereocenters. The monoisotopic (exact) mass is 620 g/mol. The third-order valence-electron chi connectivity index (χ3n) is 8.23. The van der Waals surface area contributed by atoms with Crippen LogP contribution in [0.25, 0.3) is 0 Å². The molecule has 3 fully saturated rings. The molecular formula is C33H49FN2O8. The minimum Gasteiger partial charge on any atom is -0.493 e. The van der Waals surface area contributed by atoms with Crippen LogP contribution in [0.5, 0.6) is 5.75 Å². The molecule has 4 rings (SSSR count). The number of morpholine rings is 1. The lowest BCUT2D eigenvalue weighted by atomic mass is 9.82. The Morgan fingerprint density at radius 1 is 1.05 bits per heavy atom. The molecule has 44 heavy (non-hydrogen) atoms. The van der Waals surface area contributed by atoms with Gasteiger partial charge in [-0.25, -0.2) is 9.18 Å². The van der Waals surface area contributed by atoms with E-state index in [4.69, 9.17) is 23.7 Å². The zero-order chi connectivity index (χ0) is 32.1. The molecule has 1 saturated carbocycles. The van der Waals surface area contributed by atoms with Gasteiger partial charge in [-0.15, -0.1) is 0 Å². The van der Waals surface area contributed by atoms with Gasteiger partial charge in [0.2, 0.25) is 0 Å². The highest BCUT2D eigenvalue weighted by Gasteiger charge is 2.54. The minimum atomic E-state index is -2.02. The number of nitrogens with one attached hydrogen (secondary N) is 1. The van der Waals surface area contributed by atoms with Crippen molar-refractivity contribution in [2.45, 2.75) is 128 Å². The first-order chi connectivity index (χ1) is 20.7. The summed E-state index contributed by atoms with van der Waals surface area (Å²) < 4.78 is 42.6. The zero-order valence-corrected chi connectivity index (χ0v) is 27.0. The lowest BCUT2D eigenvalue weighted by Crippen LogP contribution is -2.66. The Kier molecular flexibility index (Phi) is 10.8. The van der Waals surface area contributed by atoms with E-state index in [0.717, 1.165) is 37.0 Å². The van der Waals surface area contributed by atoms with Crippen molar-refractivity contribution in [3.05, 3.63) is 29.8 Å². The highest BCUT2D eigenvalue weighted by Crippen LogP contribution is 2.39. The van der Waals surface area contributed by atoms with Crippen molar-refractivity contribution in [2.75, 3.05) is 26.4 Å². The Hall–Kier alpha value is -2.92. The number of carbonyl (C=O) groups excluding carboxylic acids is 3. The first-order valence-corrected chi connectivity index (χ1v) is 15.8. The Morgan fingerprint density at radius 2 is 1.73 bits per heavy atom. The number of para-hydroxylation sites is 1. The third kappa shape index (κ3) is 9.06. The zero-order valence-electron chi connectivity index (χ0n) is 27.0. The second kappa shape index (κ2) is 14.0. The van der Waals surface area contributed by atoms with Gasteiger partial charge in [0.1, 0.15) is 17.0 Å². The summed E-state index contributed by atoms with van der Waals surface area (Å²) in [6.07, 6.45) is 2.19. The average molecular weight is 621 g/mol. The van der Waals surface area contributed by atoms with Crippen LogP contribution < -0.4 is 10.1 Å². The summed E-state index contributed by atoms with van der Waals surface area (Å²) in [5, 5.41) is 2.79. The van der Waals surface area contributed by atoms with Crippen LogP contribution in [-0.2, 0) is 28.5 Å². The smallest absolute Gasteiger partial charge is 0.410 e. The summed E-state index contributed by atoms with van der Waals surface area (Å²) in [5.41, 5.74) is -0.974. The number of esters is 1. The number of likely N-dealkylation sites (tertiary alicyclic amines) is 1. The predicted molar refractivity (Wildman–Crippen MR) is 161 cm³/mol. The highest BCUT2D eigenvalue weighted by atomic mass is 19.1. The number of rotatable bonds is 9. The number of alkyl halides is 1. The summed E-state index contributed by atoms with van der Waals surface area (Å²) in [6.45, 7) is 11.9. The third-order valence-corrected chi connectivity index (χ3v) is 8.23. The van der Waals surface area contributed by atoms with Gasteiger partial charge in [0.15, 0.2) is 0 Å². The molecule has 2 saturated heterocycles. The van der Waals surface area contributed by atoms with Gasteiger partial charge >= 0.3 is 12.1 Å². The van der Waals surface area contributed by atoms with E-state index >= 15 is 0 Å². The second-order valence-electron chi connectivity index (χ2n) is 14.1. The fourth-order valence-corrected chi connectivity index (χ4v) is 6.19. The maximum absolute atomic E-state index is 13.9. The van der Waals surface area contributed by atoms with Crippen LogP contribution in [0.3, 0.4) is 0 Å². The van der Waals surface area contributed by atoms with E-state index in [9.17, 15) is 18.8 Å². The van der Waals surface area contributed by atoms with Gasteiger partial charge in [-0.3, -0.25) is 9.59 Å². The molecule has 1 spiro atoms. The van der Waals surface area contributed by atoms with Crippen molar-refractivity contribution in [3.8, 4) is 5.75 Å². The largest absolute Gasteiger partial charge is 0.493 e. The molecule has 0 aromatic heterocycles. The second-order valence-corrected chi connectivity index (χ2v) is 14.1. The van der Waals surface area contributed by atoms with Crippen LogP contribution in [0, 0.1) is 0 Å². The molecule has 10 nitrogen and oxygen atoms in total. The van der Waals surface area contributed by atoms with Gasteiger partial charge < -0.3 is 33.9 Å². The highest BCUT2D eigenvalue weighted by molar-refractivity contribution is 5.81. The SMILES string of the molecule is CC(C)(C)OC(=O)CCCOc1ccccc1C1CCC(OCC2N(C(=O)OC(C)(C)C)CCC23COC(F)C(=O)N3)CC1. The van der Waals surface area contributed by atoms with Gasteiger partial charge in [-0.1, -0.05) is 18.2 Å². The van der Waals surface area contributed by atoms with Crippen molar-refractivity contribution in [1.29, 1.82) is 0 Å². The summed E-state index contributed by atoms with van der Waals surface area (Å²) in [6, 6.07) is 7.48. The number of hydrogen-bond acceptors (Lipinski definition) is 8. The van der Waals surface area contributed by atoms with Crippen molar-refractivity contribution in [3.63, 3.8) is 0 Å². The summed E-state index contributed by atoms with van der Waals surface area (Å²) >= 11 is 0. The van der Waals surface area contributed by atoms with Crippen LogP contribution in [0.4, 0.5) is 9.18 Å². The first-order valence-electron chi connectivity index (χ1n) is 15.8. The van der Waals surface area contributed by atoms with Crippen molar-refractivity contribution >= 4 is 18.0 Å². The fourth-order valence-electron chi connectivity index (χ4n) is 6.19. The van der Waals surface area contributed by atoms with Crippen molar-refractivity contribution in [2.24, 2.45) is 0 Å². The standard InChI is InChI=1S/C33H49FN2O8/c1-31(2,3)43-27(37)12-9-19-40-25-11-8-7-10-24(25)22-13-15-23(16-14-22)41-20-26-33(21-42-28(34)29(38)35-33)17-18-36(26)30(39)44-32(4,5)6/h7-8,10-11,22-23,26,28H,9,12-21H2,1-6H3,(H,35,38). The maximum Gasteiger partial charge on any atom is 0.410 e. The first kappa shape index (κ1) is 34.0. The van der Waals surface area contributed by atoms with E-state index < -0.39 is 41.1 Å². The molecule has 3 aliphatic rings. The van der Waals surface area contributed by atoms with Crippen molar-refractivity contribution in [1.82, 2.24) is 10.2 Å². The van der Waals surface area contributed by atoms with E-state index in [1.807, 2.05) is 39.0 Å². The Bertz CT molecular complexity index is 1160. The van der Waals surface area contributed by atoms with Gasteiger partial charge in [0.25, 0.3) is 12.3 Å². The normalized spacial score (nSPS) is 27.6. The minimum absolute atomic E-state index is 0.0274. The topological polar surface area (TPSA) is 113 Å². The van der Waals surface area contributed by atoms with Gasteiger partial charge in [0, 0.05) is 13.0 Å². The molecule has 1 aliphatic carbocycles. The van der Waals surface area contributed by atoms with Crippen LogP contribution in [0.1, 0.15) is 98.0 Å². The number of hydrogen-bond donors (Lipinski definition) is 1. The van der Waals surface area contributed by atoms with Gasteiger partial charge in [-0.05, 0) is 97.6 Å². The van der Waals surface area contributed by atoms with E-state index in [1.54, 1.807) is 25.7 Å². The van der Waals surface area contributed by atoms with E-state index in [1.165, 1.54) is 0 Å². The number of nitrogens with zero attached hydrogens (tertiary/aromatic N) is 1. The summed E-state index contributed by atoms with van der Waals surface area (Å²) in [4.78, 5) is 38.9. The number of ether oxygens (including phenoxy) is 5. The molecular weight excluding hydrogens is 571 g/mol. The quantitative estimate of drug-likeness (QED) is 0.288. The molecule has 3 unspecified atom stereocenters. The van der Waals surface area contributed by atoms with E-state index in [2.05, 4.69) is 11.4 Å².